The summed E-state index contributed by atoms with van der Waals surface area (Å²) >= 11 is 1.68. The minimum atomic E-state index is 0.621. The smallest absolute Gasteiger partial charge is 0.223 e. The molecule has 0 saturated carbocycles. The molecule has 1 N–H and O–H groups in total. The molecular formula is C11H11N3OS. The van der Waals surface area contributed by atoms with Gasteiger partial charge in [0, 0.05) is 23.1 Å². The predicted octanol–water partition coefficient (Wildman–Crippen LogP) is 2.53. The molecule has 4 nitrogen and oxygen atoms in total. The van der Waals surface area contributed by atoms with Crippen molar-refractivity contribution in [1.29, 1.82) is 0 Å². The van der Waals surface area contributed by atoms with E-state index in [-0.39, 0.29) is 0 Å². The minimum Gasteiger partial charge on any atom is -0.485 e. The van der Waals surface area contributed by atoms with Gasteiger partial charge >= 0.3 is 0 Å². The van der Waals surface area contributed by atoms with Crippen molar-refractivity contribution in [1.82, 2.24) is 9.97 Å². The van der Waals surface area contributed by atoms with Gasteiger partial charge in [-0.15, -0.1) is 0 Å². The molecule has 0 bridgehead atoms. The molecule has 0 radical (unpaired) electrons. The lowest BCUT2D eigenvalue weighted by atomic mass is 10.1. The van der Waals surface area contributed by atoms with E-state index in [4.69, 9.17) is 4.74 Å². The van der Waals surface area contributed by atoms with Crippen LogP contribution >= 0.6 is 11.3 Å². The molecule has 2 aromatic heterocycles. The highest BCUT2D eigenvalue weighted by atomic mass is 32.1. The Bertz CT molecular complexity index is 524. The van der Waals surface area contributed by atoms with Gasteiger partial charge in [0.2, 0.25) is 5.95 Å². The van der Waals surface area contributed by atoms with Crippen molar-refractivity contribution in [3.63, 3.8) is 0 Å². The van der Waals surface area contributed by atoms with E-state index >= 15 is 0 Å². The molecule has 0 aromatic carbocycles. The van der Waals surface area contributed by atoms with Crippen molar-refractivity contribution in [3.05, 3.63) is 22.5 Å². The third kappa shape index (κ3) is 1.44. The molecule has 1 aliphatic heterocycles. The first-order valence-electron chi connectivity index (χ1n) is 5.17. The van der Waals surface area contributed by atoms with Gasteiger partial charge < -0.3 is 10.1 Å². The number of nitrogens with one attached hydrogen (secondary N) is 1. The highest BCUT2D eigenvalue weighted by Gasteiger charge is 2.20. The lowest BCUT2D eigenvalue weighted by molar-refractivity contribution is 0.300. The van der Waals surface area contributed by atoms with E-state index in [1.165, 1.54) is 11.1 Å². The van der Waals surface area contributed by atoms with Gasteiger partial charge in [0.05, 0.1) is 6.20 Å². The first-order valence-corrected chi connectivity index (χ1v) is 6.12. The van der Waals surface area contributed by atoms with Crippen LogP contribution in [0.1, 0.15) is 12.5 Å². The molecule has 0 fully saturated rings. The van der Waals surface area contributed by atoms with E-state index in [0.29, 0.717) is 12.6 Å². The molecule has 16 heavy (non-hydrogen) atoms. The van der Waals surface area contributed by atoms with E-state index in [0.717, 1.165) is 18.0 Å². The van der Waals surface area contributed by atoms with Gasteiger partial charge in [-0.2, -0.15) is 11.3 Å². The van der Waals surface area contributed by atoms with E-state index in [1.54, 1.807) is 17.5 Å². The summed E-state index contributed by atoms with van der Waals surface area (Å²) in [5, 5.41) is 7.32. The van der Waals surface area contributed by atoms with Crippen LogP contribution in [0.2, 0.25) is 0 Å². The van der Waals surface area contributed by atoms with Crippen LogP contribution in [0.5, 0.6) is 5.75 Å². The summed E-state index contributed by atoms with van der Waals surface area (Å²) in [7, 11) is 0. The summed E-state index contributed by atoms with van der Waals surface area (Å²) in [6, 6.07) is 0. The molecule has 1 aliphatic rings. The molecule has 3 heterocycles. The van der Waals surface area contributed by atoms with Crippen LogP contribution < -0.4 is 10.1 Å². The Morgan fingerprint density at radius 1 is 1.50 bits per heavy atom. The fourth-order valence-corrected chi connectivity index (χ4v) is 2.54. The first kappa shape index (κ1) is 9.59. The third-order valence-electron chi connectivity index (χ3n) is 2.47. The highest BCUT2D eigenvalue weighted by molar-refractivity contribution is 7.08. The molecule has 0 atom stereocenters. The van der Waals surface area contributed by atoms with Crippen LogP contribution in [0.3, 0.4) is 0 Å². The molecule has 0 unspecified atom stereocenters. The summed E-state index contributed by atoms with van der Waals surface area (Å²) in [5.41, 5.74) is 3.28. The number of ether oxygens (including phenoxy) is 1. The van der Waals surface area contributed by atoms with Crippen molar-refractivity contribution >= 4 is 17.3 Å². The largest absolute Gasteiger partial charge is 0.485 e. The fourth-order valence-electron chi connectivity index (χ4n) is 1.71. The molecule has 0 aliphatic carbocycles. The molecule has 0 saturated heterocycles. The average Bonchev–Trinajstić information content (AvgIpc) is 2.78. The number of rotatable bonds is 2. The molecule has 3 rings (SSSR count). The molecule has 82 valence electrons. The zero-order valence-corrected chi connectivity index (χ0v) is 9.67. The van der Waals surface area contributed by atoms with E-state index in [9.17, 15) is 0 Å². The Hall–Kier alpha value is -1.62. The third-order valence-corrected chi connectivity index (χ3v) is 3.26. The quantitative estimate of drug-likeness (QED) is 0.865. The van der Waals surface area contributed by atoms with Crippen LogP contribution in [0.4, 0.5) is 5.95 Å². The molecule has 0 amide bonds. The minimum absolute atomic E-state index is 0.621. The fraction of sp³-hybridized carbons (Fsp3) is 0.273. The number of fused-ring (bicyclic) bond motifs is 3. The second-order valence-corrected chi connectivity index (χ2v) is 4.28. The van der Waals surface area contributed by atoms with Crippen molar-refractivity contribution in [3.8, 4) is 17.0 Å². The highest BCUT2D eigenvalue weighted by Crippen LogP contribution is 2.37. The van der Waals surface area contributed by atoms with Gasteiger partial charge in [-0.3, -0.25) is 0 Å². The number of thiophene rings is 1. The lowest BCUT2D eigenvalue weighted by Gasteiger charge is -2.17. The SMILES string of the molecule is CCNc1ncc2c(n1)-c1cscc1CO2. The number of hydrogen-bond donors (Lipinski definition) is 1. The van der Waals surface area contributed by atoms with Gasteiger partial charge in [0.15, 0.2) is 5.75 Å². The number of hydrogen-bond acceptors (Lipinski definition) is 5. The summed E-state index contributed by atoms with van der Waals surface area (Å²) in [4.78, 5) is 8.67. The average molecular weight is 233 g/mol. The Labute approximate surface area is 97.3 Å². The lowest BCUT2D eigenvalue weighted by Crippen LogP contribution is -2.08. The maximum absolute atomic E-state index is 5.60. The summed E-state index contributed by atoms with van der Waals surface area (Å²) in [6.45, 7) is 3.46. The maximum atomic E-state index is 5.60. The molecule has 5 heteroatoms. The monoisotopic (exact) mass is 233 g/mol. The number of nitrogens with zero attached hydrogens (tertiary/aromatic N) is 2. The summed E-state index contributed by atoms with van der Waals surface area (Å²) < 4.78 is 5.60. The Balaban J connectivity index is 2.11. The molecule has 2 aromatic rings. The summed E-state index contributed by atoms with van der Waals surface area (Å²) in [6.07, 6.45) is 1.74. The zero-order chi connectivity index (χ0) is 11.0. The van der Waals surface area contributed by atoms with E-state index in [1.807, 2.05) is 6.92 Å². The van der Waals surface area contributed by atoms with Crippen molar-refractivity contribution in [2.45, 2.75) is 13.5 Å². The Morgan fingerprint density at radius 2 is 2.44 bits per heavy atom. The van der Waals surface area contributed by atoms with E-state index in [2.05, 4.69) is 26.0 Å². The first-order chi connectivity index (χ1) is 7.88. The number of aromatic nitrogens is 2. The normalized spacial score (nSPS) is 12.6. The van der Waals surface area contributed by atoms with Crippen LogP contribution in [0.15, 0.2) is 17.0 Å². The van der Waals surface area contributed by atoms with Crippen molar-refractivity contribution in [2.75, 3.05) is 11.9 Å². The molecular weight excluding hydrogens is 222 g/mol. The van der Waals surface area contributed by atoms with Crippen LogP contribution in [-0.4, -0.2) is 16.5 Å². The predicted molar refractivity (Wildman–Crippen MR) is 63.8 cm³/mol. The van der Waals surface area contributed by atoms with E-state index < -0.39 is 0 Å². The Kier molecular flexibility index (Phi) is 2.25. The van der Waals surface area contributed by atoms with Crippen LogP contribution in [0.25, 0.3) is 11.3 Å². The second-order valence-electron chi connectivity index (χ2n) is 3.54. The topological polar surface area (TPSA) is 47.0 Å². The van der Waals surface area contributed by atoms with Crippen LogP contribution in [-0.2, 0) is 6.61 Å². The van der Waals surface area contributed by atoms with Crippen LogP contribution in [0, 0.1) is 0 Å². The van der Waals surface area contributed by atoms with Gasteiger partial charge in [-0.25, -0.2) is 9.97 Å². The number of anilines is 1. The maximum Gasteiger partial charge on any atom is 0.223 e. The standard InChI is InChI=1S/C11H11N3OS/c1-2-12-11-13-3-9-10(14-11)8-6-16-5-7(8)4-15-9/h3,5-6H,2,4H2,1H3,(H,12,13,14). The Morgan fingerprint density at radius 3 is 3.31 bits per heavy atom. The van der Waals surface area contributed by atoms with Gasteiger partial charge in [-0.1, -0.05) is 0 Å². The molecule has 0 spiro atoms. The van der Waals surface area contributed by atoms with Gasteiger partial charge in [0.1, 0.15) is 12.3 Å². The second kappa shape index (κ2) is 3.75. The zero-order valence-electron chi connectivity index (χ0n) is 8.86. The van der Waals surface area contributed by atoms with Gasteiger partial charge in [0.25, 0.3) is 0 Å². The van der Waals surface area contributed by atoms with Crippen molar-refractivity contribution < 1.29 is 4.74 Å². The van der Waals surface area contributed by atoms with Crippen molar-refractivity contribution in [2.24, 2.45) is 0 Å². The van der Waals surface area contributed by atoms with Gasteiger partial charge in [-0.05, 0) is 12.3 Å². The summed E-state index contributed by atoms with van der Waals surface area (Å²) in [5.74, 6) is 1.43.